The summed E-state index contributed by atoms with van der Waals surface area (Å²) in [5, 5.41) is 4.61. The second-order valence-electron chi connectivity index (χ2n) is 6.72. The molecule has 0 spiro atoms. The summed E-state index contributed by atoms with van der Waals surface area (Å²) in [7, 11) is 0. The minimum absolute atomic E-state index is 0.0703. The highest BCUT2D eigenvalue weighted by Gasteiger charge is 2.19. The smallest absolute Gasteiger partial charge is 0.264 e. The molecule has 8 heteroatoms. The molecular formula is C19H20FN5O2. The van der Waals surface area contributed by atoms with E-state index in [1.165, 1.54) is 27.6 Å². The van der Waals surface area contributed by atoms with E-state index in [9.17, 15) is 14.0 Å². The third kappa shape index (κ3) is 3.22. The molecule has 1 aliphatic heterocycles. The highest BCUT2D eigenvalue weighted by atomic mass is 19.1. The first-order valence-electron chi connectivity index (χ1n) is 9.03. The highest BCUT2D eigenvalue weighted by Crippen LogP contribution is 2.15. The predicted octanol–water partition coefficient (Wildman–Crippen LogP) is 2.04. The van der Waals surface area contributed by atoms with Gasteiger partial charge in [0, 0.05) is 26.1 Å². The van der Waals surface area contributed by atoms with Crippen LogP contribution in [-0.2, 0) is 11.3 Å². The number of aryl methyl sites for hydroxylation is 1. The molecule has 2 aromatic heterocycles. The lowest BCUT2D eigenvalue weighted by molar-refractivity contribution is -0.130. The van der Waals surface area contributed by atoms with E-state index in [-0.39, 0.29) is 23.7 Å². The lowest BCUT2D eigenvalue weighted by Crippen LogP contribution is -2.31. The van der Waals surface area contributed by atoms with Gasteiger partial charge in [0.1, 0.15) is 17.0 Å². The standard InChI is InChI=1S/C19H20FN5O2/c1-13-22-18-16(12-21-25(18)15-6-4-14(20)5-7-15)19(27)24(13)11-8-17(26)23-9-2-3-10-23/h4-7,12H,2-3,8-11H2,1H3. The van der Waals surface area contributed by atoms with Gasteiger partial charge in [0.15, 0.2) is 5.65 Å². The van der Waals surface area contributed by atoms with E-state index < -0.39 is 0 Å². The van der Waals surface area contributed by atoms with E-state index in [0.717, 1.165) is 25.9 Å². The quantitative estimate of drug-likeness (QED) is 0.706. The summed E-state index contributed by atoms with van der Waals surface area (Å²) < 4.78 is 16.2. The molecule has 140 valence electrons. The van der Waals surface area contributed by atoms with Gasteiger partial charge in [-0.15, -0.1) is 0 Å². The van der Waals surface area contributed by atoms with Crippen molar-refractivity contribution >= 4 is 16.9 Å². The number of likely N-dealkylation sites (tertiary alicyclic amines) is 1. The number of fused-ring (bicyclic) bond motifs is 1. The van der Waals surface area contributed by atoms with Gasteiger partial charge >= 0.3 is 0 Å². The van der Waals surface area contributed by atoms with Crippen molar-refractivity contribution in [3.8, 4) is 5.69 Å². The largest absolute Gasteiger partial charge is 0.343 e. The number of halogens is 1. The molecule has 1 fully saturated rings. The van der Waals surface area contributed by atoms with E-state index >= 15 is 0 Å². The number of carbonyl (C=O) groups excluding carboxylic acids is 1. The lowest BCUT2D eigenvalue weighted by atomic mass is 10.3. The second-order valence-corrected chi connectivity index (χ2v) is 6.72. The van der Waals surface area contributed by atoms with Gasteiger partial charge in [0.2, 0.25) is 5.91 Å². The van der Waals surface area contributed by atoms with Crippen LogP contribution in [0.15, 0.2) is 35.3 Å². The molecule has 0 bridgehead atoms. The minimum Gasteiger partial charge on any atom is -0.343 e. The van der Waals surface area contributed by atoms with Crippen LogP contribution in [-0.4, -0.2) is 43.2 Å². The fraction of sp³-hybridized carbons (Fsp3) is 0.368. The molecule has 7 nitrogen and oxygen atoms in total. The summed E-state index contributed by atoms with van der Waals surface area (Å²) >= 11 is 0. The average Bonchev–Trinajstić information content (AvgIpc) is 3.32. The van der Waals surface area contributed by atoms with Crippen LogP contribution in [0.1, 0.15) is 25.1 Å². The molecule has 1 amide bonds. The summed E-state index contributed by atoms with van der Waals surface area (Å²) in [6.45, 7) is 3.64. The van der Waals surface area contributed by atoms with Crippen LogP contribution in [0.3, 0.4) is 0 Å². The second kappa shape index (κ2) is 6.94. The van der Waals surface area contributed by atoms with Gasteiger partial charge in [-0.25, -0.2) is 14.1 Å². The van der Waals surface area contributed by atoms with Crippen molar-refractivity contribution in [2.24, 2.45) is 0 Å². The predicted molar refractivity (Wildman–Crippen MR) is 98.3 cm³/mol. The Kier molecular flexibility index (Phi) is 4.47. The maximum absolute atomic E-state index is 13.2. The van der Waals surface area contributed by atoms with Crippen LogP contribution in [0.4, 0.5) is 4.39 Å². The number of aromatic nitrogens is 4. The molecule has 0 aliphatic carbocycles. The number of amides is 1. The van der Waals surface area contributed by atoms with Gasteiger partial charge in [-0.2, -0.15) is 5.10 Å². The van der Waals surface area contributed by atoms with Crippen molar-refractivity contribution in [3.05, 3.63) is 52.5 Å². The van der Waals surface area contributed by atoms with E-state index in [1.807, 2.05) is 4.90 Å². The molecule has 3 aromatic rings. The summed E-state index contributed by atoms with van der Waals surface area (Å²) in [6.07, 6.45) is 3.83. The van der Waals surface area contributed by atoms with Crippen LogP contribution in [0, 0.1) is 12.7 Å². The minimum atomic E-state index is -0.343. The number of hydrogen-bond donors (Lipinski definition) is 0. The molecule has 0 unspecified atom stereocenters. The van der Waals surface area contributed by atoms with Crippen LogP contribution >= 0.6 is 0 Å². The molecule has 0 saturated carbocycles. The molecule has 27 heavy (non-hydrogen) atoms. The zero-order chi connectivity index (χ0) is 19.0. The van der Waals surface area contributed by atoms with Crippen LogP contribution in [0.5, 0.6) is 0 Å². The maximum Gasteiger partial charge on any atom is 0.264 e. The van der Waals surface area contributed by atoms with E-state index in [2.05, 4.69) is 10.1 Å². The van der Waals surface area contributed by atoms with Crippen LogP contribution in [0.2, 0.25) is 0 Å². The van der Waals surface area contributed by atoms with Crippen molar-refractivity contribution in [1.29, 1.82) is 0 Å². The SMILES string of the molecule is Cc1nc2c(cnn2-c2ccc(F)cc2)c(=O)n1CCC(=O)N1CCCC1. The number of nitrogens with zero attached hydrogens (tertiary/aromatic N) is 5. The molecule has 0 radical (unpaired) electrons. The van der Waals surface area contributed by atoms with E-state index in [1.54, 1.807) is 19.1 Å². The average molecular weight is 369 g/mol. The molecule has 1 aromatic carbocycles. The lowest BCUT2D eigenvalue weighted by Gasteiger charge is -2.16. The summed E-state index contributed by atoms with van der Waals surface area (Å²) in [5.41, 5.74) is 0.825. The topological polar surface area (TPSA) is 73.0 Å². The number of carbonyl (C=O) groups is 1. The fourth-order valence-electron chi connectivity index (χ4n) is 3.47. The fourth-order valence-corrected chi connectivity index (χ4v) is 3.47. The Labute approximate surface area is 155 Å². The number of rotatable bonds is 4. The Morgan fingerprint density at radius 3 is 2.59 bits per heavy atom. The molecule has 1 aliphatic rings. The van der Waals surface area contributed by atoms with E-state index in [0.29, 0.717) is 29.1 Å². The van der Waals surface area contributed by atoms with Gasteiger partial charge in [0.05, 0.1) is 11.9 Å². The monoisotopic (exact) mass is 369 g/mol. The maximum atomic E-state index is 13.2. The summed E-state index contributed by atoms with van der Waals surface area (Å²) in [5.74, 6) is 0.246. The van der Waals surface area contributed by atoms with Crippen molar-refractivity contribution in [2.45, 2.75) is 32.7 Å². The normalized spacial score (nSPS) is 14.2. The zero-order valence-electron chi connectivity index (χ0n) is 15.1. The number of hydrogen-bond acceptors (Lipinski definition) is 4. The van der Waals surface area contributed by atoms with Gasteiger partial charge in [-0.1, -0.05) is 0 Å². The zero-order valence-corrected chi connectivity index (χ0v) is 15.1. The first kappa shape index (κ1) is 17.4. The Balaban J connectivity index is 1.64. The molecular weight excluding hydrogens is 349 g/mol. The van der Waals surface area contributed by atoms with Gasteiger partial charge < -0.3 is 4.90 Å². The Morgan fingerprint density at radius 1 is 1.19 bits per heavy atom. The summed E-state index contributed by atoms with van der Waals surface area (Å²) in [6, 6.07) is 5.83. The third-order valence-corrected chi connectivity index (χ3v) is 4.96. The summed E-state index contributed by atoms with van der Waals surface area (Å²) in [4.78, 5) is 31.5. The van der Waals surface area contributed by atoms with E-state index in [4.69, 9.17) is 0 Å². The van der Waals surface area contributed by atoms with Crippen molar-refractivity contribution in [3.63, 3.8) is 0 Å². The molecule has 3 heterocycles. The molecule has 0 atom stereocenters. The van der Waals surface area contributed by atoms with Gasteiger partial charge in [-0.05, 0) is 44.0 Å². The third-order valence-electron chi connectivity index (χ3n) is 4.96. The molecule has 1 saturated heterocycles. The molecule has 0 N–H and O–H groups in total. The molecule has 4 rings (SSSR count). The first-order chi connectivity index (χ1) is 13.0. The Bertz CT molecular complexity index is 1050. The van der Waals surface area contributed by atoms with Crippen molar-refractivity contribution in [2.75, 3.05) is 13.1 Å². The number of benzene rings is 1. The van der Waals surface area contributed by atoms with Crippen LogP contribution < -0.4 is 5.56 Å². The van der Waals surface area contributed by atoms with Crippen molar-refractivity contribution in [1.82, 2.24) is 24.2 Å². The van der Waals surface area contributed by atoms with Gasteiger partial charge in [-0.3, -0.25) is 14.2 Å². The van der Waals surface area contributed by atoms with Crippen molar-refractivity contribution < 1.29 is 9.18 Å². The first-order valence-corrected chi connectivity index (χ1v) is 9.03. The van der Waals surface area contributed by atoms with Crippen LogP contribution in [0.25, 0.3) is 16.7 Å². The Hall–Kier alpha value is -3.03. The Morgan fingerprint density at radius 2 is 1.89 bits per heavy atom. The highest BCUT2D eigenvalue weighted by molar-refractivity contribution is 5.77. The van der Waals surface area contributed by atoms with Gasteiger partial charge in [0.25, 0.3) is 5.56 Å².